The van der Waals surface area contributed by atoms with Gasteiger partial charge in [-0.3, -0.25) is 14.5 Å². The lowest BCUT2D eigenvalue weighted by Gasteiger charge is -2.26. The van der Waals surface area contributed by atoms with Gasteiger partial charge < -0.3 is 15.7 Å². The van der Waals surface area contributed by atoms with Crippen LogP contribution in [0.1, 0.15) is 87.2 Å². The summed E-state index contributed by atoms with van der Waals surface area (Å²) >= 11 is 0. The maximum absolute atomic E-state index is 14.7. The summed E-state index contributed by atoms with van der Waals surface area (Å²) in [5.41, 5.74) is 3.00. The first-order valence-corrected chi connectivity index (χ1v) is 17.0. The molecule has 0 aliphatic heterocycles. The molecule has 254 valence electrons. The van der Waals surface area contributed by atoms with Gasteiger partial charge in [0, 0.05) is 43.7 Å². The summed E-state index contributed by atoms with van der Waals surface area (Å²) < 4.78 is 16.5. The van der Waals surface area contributed by atoms with E-state index in [1.165, 1.54) is 0 Å². The van der Waals surface area contributed by atoms with Crippen LogP contribution in [0.5, 0.6) is 0 Å². The van der Waals surface area contributed by atoms with Crippen LogP contribution in [0.2, 0.25) is 0 Å². The van der Waals surface area contributed by atoms with Crippen molar-refractivity contribution in [2.45, 2.75) is 83.3 Å². The van der Waals surface area contributed by atoms with E-state index in [0.29, 0.717) is 30.2 Å². The van der Waals surface area contributed by atoms with Crippen molar-refractivity contribution in [2.24, 2.45) is 13.0 Å². The predicted octanol–water partition coefficient (Wildman–Crippen LogP) is 6.89. The number of aryl methyl sites for hydroxylation is 2. The van der Waals surface area contributed by atoms with Gasteiger partial charge in [-0.05, 0) is 68.2 Å². The molecule has 3 N–H and O–H groups in total. The molecule has 1 amide bonds. The number of anilines is 1. The minimum absolute atomic E-state index is 0.0204. The van der Waals surface area contributed by atoms with E-state index in [0.717, 1.165) is 54.5 Å². The second kappa shape index (κ2) is 18.1. The van der Waals surface area contributed by atoms with Gasteiger partial charge in [0.2, 0.25) is 5.91 Å². The van der Waals surface area contributed by atoms with Crippen LogP contribution < -0.4 is 10.6 Å². The van der Waals surface area contributed by atoms with Crippen LogP contribution in [0, 0.1) is 17.2 Å². The first-order valence-electron chi connectivity index (χ1n) is 17.0. The van der Waals surface area contributed by atoms with E-state index in [9.17, 15) is 19.6 Å². The number of benzene rings is 1. The van der Waals surface area contributed by atoms with Gasteiger partial charge in [-0.25, -0.2) is 9.37 Å². The lowest BCUT2D eigenvalue weighted by atomic mass is 9.81. The molecule has 4 aromatic rings. The maximum Gasteiger partial charge on any atom is 0.229 e. The Bertz CT molecular complexity index is 1610. The van der Waals surface area contributed by atoms with Crippen molar-refractivity contribution in [1.29, 1.82) is 5.26 Å². The van der Waals surface area contributed by atoms with Gasteiger partial charge in [0.1, 0.15) is 17.6 Å². The molecule has 3 heterocycles. The summed E-state index contributed by atoms with van der Waals surface area (Å²) in [7, 11) is 1.88. The molecule has 0 bridgehead atoms. The summed E-state index contributed by atoms with van der Waals surface area (Å²) in [6, 6.07) is 19.5. The van der Waals surface area contributed by atoms with Gasteiger partial charge >= 0.3 is 0 Å². The molecule has 1 aromatic carbocycles. The normalized spacial score (nSPS) is 13.7. The molecular formula is C38H48FN7O2. The number of carbonyl (C=O) groups is 1. The molecule has 4 rings (SSSR count). The van der Waals surface area contributed by atoms with Gasteiger partial charge in [-0.1, -0.05) is 63.1 Å². The number of alkyl halides is 1. The number of hydrogen-bond donors (Lipinski definition) is 3. The molecule has 0 saturated carbocycles. The largest absolute Gasteiger partial charge is 0.393 e. The van der Waals surface area contributed by atoms with Crippen molar-refractivity contribution in [3.05, 3.63) is 95.7 Å². The molecule has 0 radical (unpaired) electrons. The summed E-state index contributed by atoms with van der Waals surface area (Å²) in [4.78, 5) is 23.3. The lowest BCUT2D eigenvalue weighted by molar-refractivity contribution is -0.124. The van der Waals surface area contributed by atoms with Crippen molar-refractivity contribution in [2.75, 3.05) is 18.5 Å². The number of nitrogens with zero attached hydrogens (tertiary/aromatic N) is 5. The number of unbranched alkanes of at least 4 members (excludes halogenated alkanes) is 1. The summed E-state index contributed by atoms with van der Waals surface area (Å²) in [5, 5.41) is 29.8. The highest BCUT2D eigenvalue weighted by molar-refractivity contribution is 5.83. The first-order chi connectivity index (χ1) is 23.3. The molecule has 10 heteroatoms. The Morgan fingerprint density at radius 3 is 2.52 bits per heavy atom. The van der Waals surface area contributed by atoms with Crippen molar-refractivity contribution in [3.63, 3.8) is 0 Å². The van der Waals surface area contributed by atoms with E-state index in [1.54, 1.807) is 29.9 Å². The molecule has 0 spiro atoms. The third-order valence-electron chi connectivity index (χ3n) is 9.00. The standard InChI is InChI=1S/C38H48FN7O2/c1-4-11-29(14-9-10-21-41-35-18-16-30(22-40)33(45-35)19-20-38(39,5-2)27-47)36(37(48)43-23-28-12-7-6-8-13-28)34-17-15-31(24-42-34)32-25-44-46(3)26-32/h6-8,12-13,15-18,24-26,29,36,47H,4-5,9-11,14,19-21,23,27H2,1-3H3,(H,41,45)(H,43,48). The van der Waals surface area contributed by atoms with E-state index < -0.39 is 18.2 Å². The molecule has 48 heavy (non-hydrogen) atoms. The summed E-state index contributed by atoms with van der Waals surface area (Å²) in [6.07, 6.45) is 10.6. The Morgan fingerprint density at radius 1 is 1.06 bits per heavy atom. The quantitative estimate of drug-likeness (QED) is 0.0940. The molecule has 3 atom stereocenters. The van der Waals surface area contributed by atoms with E-state index in [1.807, 2.05) is 61.9 Å². The monoisotopic (exact) mass is 653 g/mol. The number of nitrogens with one attached hydrogen (secondary N) is 2. The number of aromatic nitrogens is 4. The SMILES string of the molecule is CCCC(CCCCNc1ccc(C#N)c(CCC(F)(CC)CO)n1)C(C(=O)NCc1ccccc1)c1ccc(-c2cnn(C)c2)cn1. The molecular weight excluding hydrogens is 605 g/mol. The summed E-state index contributed by atoms with van der Waals surface area (Å²) in [5.74, 6) is 0.327. The van der Waals surface area contributed by atoms with Crippen molar-refractivity contribution in [1.82, 2.24) is 25.1 Å². The number of hydrogen-bond acceptors (Lipinski definition) is 7. The zero-order valence-corrected chi connectivity index (χ0v) is 28.3. The number of halogens is 1. The highest BCUT2D eigenvalue weighted by Gasteiger charge is 2.30. The number of aliphatic hydroxyl groups is 1. The van der Waals surface area contributed by atoms with Crippen molar-refractivity contribution >= 4 is 11.7 Å². The number of aliphatic hydroxyl groups excluding tert-OH is 1. The highest BCUT2D eigenvalue weighted by atomic mass is 19.1. The Labute approximate surface area is 283 Å². The topological polar surface area (TPSA) is 129 Å². The fourth-order valence-electron chi connectivity index (χ4n) is 6.01. The maximum atomic E-state index is 14.7. The fourth-order valence-corrected chi connectivity index (χ4v) is 6.01. The number of nitriles is 1. The van der Waals surface area contributed by atoms with Crippen LogP contribution in [0.15, 0.2) is 73.2 Å². The number of amides is 1. The Morgan fingerprint density at radius 2 is 1.88 bits per heavy atom. The van der Waals surface area contributed by atoms with Gasteiger partial charge in [0.15, 0.2) is 0 Å². The van der Waals surface area contributed by atoms with Crippen LogP contribution in [0.4, 0.5) is 10.2 Å². The zero-order valence-electron chi connectivity index (χ0n) is 28.3. The second-order valence-electron chi connectivity index (χ2n) is 12.5. The first kappa shape index (κ1) is 36.2. The molecule has 3 aromatic heterocycles. The van der Waals surface area contributed by atoms with Gasteiger partial charge in [0.05, 0.1) is 35.7 Å². The molecule has 3 unspecified atom stereocenters. The Balaban J connectivity index is 1.41. The van der Waals surface area contributed by atoms with E-state index in [4.69, 9.17) is 4.98 Å². The number of pyridine rings is 2. The average Bonchev–Trinajstić information content (AvgIpc) is 3.56. The minimum Gasteiger partial charge on any atom is -0.393 e. The van der Waals surface area contributed by atoms with E-state index >= 15 is 0 Å². The third kappa shape index (κ3) is 10.2. The molecule has 0 fully saturated rings. The van der Waals surface area contributed by atoms with Crippen molar-refractivity contribution < 1.29 is 14.3 Å². The van der Waals surface area contributed by atoms with Crippen LogP contribution in [-0.2, 0) is 24.8 Å². The number of rotatable bonds is 19. The molecule has 0 saturated heterocycles. The zero-order chi connectivity index (χ0) is 34.4. The van der Waals surface area contributed by atoms with Gasteiger partial charge in [-0.15, -0.1) is 0 Å². The molecule has 0 aliphatic carbocycles. The minimum atomic E-state index is -1.68. The van der Waals surface area contributed by atoms with E-state index in [2.05, 4.69) is 33.7 Å². The number of carbonyl (C=O) groups excluding carboxylic acids is 1. The van der Waals surface area contributed by atoms with Crippen LogP contribution in [-0.4, -0.2) is 49.6 Å². The van der Waals surface area contributed by atoms with Crippen molar-refractivity contribution in [3.8, 4) is 17.2 Å². The van der Waals surface area contributed by atoms with E-state index in [-0.39, 0.29) is 31.1 Å². The predicted molar refractivity (Wildman–Crippen MR) is 187 cm³/mol. The third-order valence-corrected chi connectivity index (χ3v) is 9.00. The average molecular weight is 654 g/mol. The van der Waals surface area contributed by atoms with Crippen LogP contribution in [0.3, 0.4) is 0 Å². The smallest absolute Gasteiger partial charge is 0.229 e. The van der Waals surface area contributed by atoms with Crippen LogP contribution in [0.25, 0.3) is 11.1 Å². The van der Waals surface area contributed by atoms with Gasteiger partial charge in [0.25, 0.3) is 0 Å². The summed E-state index contributed by atoms with van der Waals surface area (Å²) in [6.45, 7) is 4.42. The molecule has 9 nitrogen and oxygen atoms in total. The van der Waals surface area contributed by atoms with Crippen LogP contribution >= 0.6 is 0 Å². The highest BCUT2D eigenvalue weighted by Crippen LogP contribution is 2.33. The lowest BCUT2D eigenvalue weighted by Crippen LogP contribution is -2.34. The molecule has 0 aliphatic rings. The van der Waals surface area contributed by atoms with Gasteiger partial charge in [-0.2, -0.15) is 10.4 Å². The second-order valence-corrected chi connectivity index (χ2v) is 12.5. The fraction of sp³-hybridized carbons (Fsp3) is 0.447. The Kier molecular flexibility index (Phi) is 13.6. The Hall–Kier alpha value is -4.62.